The molecule has 0 saturated carbocycles. The average Bonchev–Trinajstić information content (AvgIpc) is 3.23. The fourth-order valence-electron chi connectivity index (χ4n) is 5.17. The maximum Gasteiger partial charge on any atom is 0.256 e. The molecule has 34 heavy (non-hydrogen) atoms. The van der Waals surface area contributed by atoms with Crippen LogP contribution in [0, 0.1) is 12.7 Å². The molecule has 3 aliphatic rings. The van der Waals surface area contributed by atoms with Crippen molar-refractivity contribution in [1.29, 1.82) is 0 Å². The highest BCUT2D eigenvalue weighted by atomic mass is 19.1. The topological polar surface area (TPSA) is 80.0 Å². The van der Waals surface area contributed by atoms with E-state index in [1.807, 2.05) is 30.0 Å². The third-order valence-corrected chi connectivity index (χ3v) is 6.89. The molecule has 0 N–H and O–H groups in total. The Morgan fingerprint density at radius 3 is 2.71 bits per heavy atom. The van der Waals surface area contributed by atoms with Gasteiger partial charge < -0.3 is 9.80 Å². The summed E-state index contributed by atoms with van der Waals surface area (Å²) < 4.78 is 13.6. The third-order valence-electron chi connectivity index (χ3n) is 6.89. The van der Waals surface area contributed by atoms with Crippen LogP contribution in [0.3, 0.4) is 0 Å². The Kier molecular flexibility index (Phi) is 4.97. The van der Waals surface area contributed by atoms with Gasteiger partial charge in [-0.1, -0.05) is 11.6 Å². The van der Waals surface area contributed by atoms with Gasteiger partial charge in [-0.05, 0) is 56.5 Å². The number of nitrogens with zero attached hydrogens (tertiary/aromatic N) is 7. The number of amides is 1. The Labute approximate surface area is 196 Å². The van der Waals surface area contributed by atoms with Gasteiger partial charge in [0.05, 0.1) is 29.2 Å². The molecule has 0 unspecified atom stereocenters. The molecule has 5 heterocycles. The predicted molar refractivity (Wildman–Crippen MR) is 125 cm³/mol. The fraction of sp³-hybridized carbons (Fsp3) is 0.320. The van der Waals surface area contributed by atoms with Crippen LogP contribution < -0.4 is 4.90 Å². The van der Waals surface area contributed by atoms with Gasteiger partial charge in [0.25, 0.3) is 5.91 Å². The van der Waals surface area contributed by atoms with E-state index in [1.165, 1.54) is 16.9 Å². The largest absolute Gasteiger partial charge is 0.336 e. The summed E-state index contributed by atoms with van der Waals surface area (Å²) in [5, 5.41) is 9.16. The van der Waals surface area contributed by atoms with Crippen molar-refractivity contribution in [2.24, 2.45) is 0 Å². The molecule has 0 spiro atoms. The smallest absolute Gasteiger partial charge is 0.256 e. The number of anilines is 1. The minimum absolute atomic E-state index is 0.00227. The number of fused-ring (bicyclic) bond motifs is 5. The summed E-state index contributed by atoms with van der Waals surface area (Å²) in [6.07, 6.45) is 7.65. The van der Waals surface area contributed by atoms with Crippen LogP contribution in [0.1, 0.15) is 35.2 Å². The lowest BCUT2D eigenvalue weighted by molar-refractivity contribution is 0.0612. The zero-order valence-electron chi connectivity index (χ0n) is 18.8. The van der Waals surface area contributed by atoms with Crippen LogP contribution in [-0.2, 0) is 0 Å². The number of rotatable bonds is 3. The molecular formula is C25H24FN7O. The molecule has 4 aromatic rings. The maximum atomic E-state index is 13.8. The van der Waals surface area contributed by atoms with Crippen molar-refractivity contribution >= 4 is 22.8 Å². The number of halogens is 1. The summed E-state index contributed by atoms with van der Waals surface area (Å²) in [4.78, 5) is 28.8. The summed E-state index contributed by atoms with van der Waals surface area (Å²) in [6, 6.07) is 10.6. The monoisotopic (exact) mass is 457 g/mol. The molecular weight excluding hydrogens is 433 g/mol. The molecule has 0 aliphatic carbocycles. The fourth-order valence-corrected chi connectivity index (χ4v) is 5.17. The van der Waals surface area contributed by atoms with Crippen LogP contribution in [0.25, 0.3) is 16.6 Å². The Hall–Kier alpha value is -3.88. The number of aryl methyl sites for hydroxylation is 1. The van der Waals surface area contributed by atoms with Crippen LogP contribution in [0.5, 0.6) is 0 Å². The first-order valence-corrected chi connectivity index (χ1v) is 11.5. The number of aromatic nitrogens is 5. The van der Waals surface area contributed by atoms with Crippen molar-refractivity contribution in [3.63, 3.8) is 0 Å². The normalized spacial score (nSPS) is 20.1. The molecule has 1 amide bonds. The van der Waals surface area contributed by atoms with Crippen LogP contribution >= 0.6 is 0 Å². The quantitative estimate of drug-likeness (QED) is 0.468. The molecule has 172 valence electrons. The third kappa shape index (κ3) is 3.57. The maximum absolute atomic E-state index is 13.8. The Morgan fingerprint density at radius 2 is 1.85 bits per heavy atom. The minimum Gasteiger partial charge on any atom is -0.336 e. The summed E-state index contributed by atoms with van der Waals surface area (Å²) in [5.41, 5.74) is 3.03. The van der Waals surface area contributed by atoms with Crippen molar-refractivity contribution in [2.45, 2.75) is 38.3 Å². The lowest BCUT2D eigenvalue weighted by atomic mass is 9.97. The first-order chi connectivity index (χ1) is 16.6. The van der Waals surface area contributed by atoms with Gasteiger partial charge in [0.15, 0.2) is 0 Å². The second-order valence-electron chi connectivity index (χ2n) is 9.04. The Bertz CT molecular complexity index is 1370. The molecule has 3 fully saturated rings. The highest BCUT2D eigenvalue weighted by Crippen LogP contribution is 2.32. The van der Waals surface area contributed by atoms with Gasteiger partial charge in [0.1, 0.15) is 5.82 Å². The molecule has 2 atom stereocenters. The van der Waals surface area contributed by atoms with E-state index >= 15 is 0 Å². The van der Waals surface area contributed by atoms with Gasteiger partial charge in [-0.15, -0.1) is 0 Å². The number of carbonyl (C=O) groups excluding carboxylic acids is 1. The number of carbonyl (C=O) groups is 1. The van der Waals surface area contributed by atoms with E-state index in [0.717, 1.165) is 31.4 Å². The molecule has 9 heteroatoms. The highest BCUT2D eigenvalue weighted by Gasteiger charge is 2.39. The number of benzene rings is 2. The van der Waals surface area contributed by atoms with Crippen molar-refractivity contribution in [3.05, 3.63) is 71.9 Å². The lowest BCUT2D eigenvalue weighted by Gasteiger charge is -2.38. The van der Waals surface area contributed by atoms with E-state index in [4.69, 9.17) is 4.98 Å². The van der Waals surface area contributed by atoms with Crippen molar-refractivity contribution in [1.82, 2.24) is 29.9 Å². The van der Waals surface area contributed by atoms with Gasteiger partial charge in [-0.3, -0.25) is 4.79 Å². The molecule has 7 rings (SSSR count). The number of hydrogen-bond acceptors (Lipinski definition) is 6. The van der Waals surface area contributed by atoms with E-state index in [0.29, 0.717) is 34.6 Å². The van der Waals surface area contributed by atoms with Crippen molar-refractivity contribution < 1.29 is 9.18 Å². The second kappa shape index (κ2) is 8.16. The molecule has 2 aromatic heterocycles. The number of piperidine rings is 1. The summed E-state index contributed by atoms with van der Waals surface area (Å²) in [7, 11) is 0. The van der Waals surface area contributed by atoms with Crippen molar-refractivity contribution in [3.8, 4) is 5.69 Å². The second-order valence-corrected chi connectivity index (χ2v) is 9.04. The predicted octanol–water partition coefficient (Wildman–Crippen LogP) is 3.54. The molecule has 3 aliphatic heterocycles. The molecule has 2 aromatic carbocycles. The van der Waals surface area contributed by atoms with E-state index in [9.17, 15) is 9.18 Å². The van der Waals surface area contributed by atoms with Crippen LogP contribution in [-0.4, -0.2) is 60.9 Å². The average molecular weight is 458 g/mol. The first kappa shape index (κ1) is 20.7. The van der Waals surface area contributed by atoms with Crippen LogP contribution in [0.4, 0.5) is 10.3 Å². The zero-order chi connectivity index (χ0) is 23.2. The molecule has 8 nitrogen and oxygen atoms in total. The Morgan fingerprint density at radius 1 is 1.03 bits per heavy atom. The first-order valence-electron chi connectivity index (χ1n) is 11.5. The van der Waals surface area contributed by atoms with Gasteiger partial charge in [0.2, 0.25) is 5.95 Å². The standard InChI is InChI=1S/C25H24FN7O/c1-16-2-7-23(33-28-9-10-29-33)21(12-16)24(34)32-15-20-5-4-19(32)8-11-31(20)25-27-14-17-13-18(26)3-6-22(17)30-25/h2-3,6-7,9-10,12-14,19-20H,4-5,8,11,15H2,1H3/t19-,20+/m1/s1. The minimum atomic E-state index is -0.299. The summed E-state index contributed by atoms with van der Waals surface area (Å²) in [6.45, 7) is 3.36. The van der Waals surface area contributed by atoms with Crippen LogP contribution in [0.2, 0.25) is 0 Å². The van der Waals surface area contributed by atoms with Gasteiger partial charge >= 0.3 is 0 Å². The van der Waals surface area contributed by atoms with Gasteiger partial charge in [0, 0.05) is 36.8 Å². The van der Waals surface area contributed by atoms with E-state index in [-0.39, 0.29) is 23.8 Å². The Balaban J connectivity index is 1.31. The number of hydrogen-bond donors (Lipinski definition) is 0. The molecule has 3 saturated heterocycles. The van der Waals surface area contributed by atoms with Crippen molar-refractivity contribution in [2.75, 3.05) is 18.0 Å². The van der Waals surface area contributed by atoms with E-state index in [2.05, 4.69) is 20.1 Å². The SMILES string of the molecule is Cc1ccc(-n2nccn2)c(C(=O)N2C[C@@H]3CC[C@@H]2CCN3c2ncc3cc(F)ccc3n2)c1. The van der Waals surface area contributed by atoms with Gasteiger partial charge in [-0.2, -0.15) is 15.0 Å². The van der Waals surface area contributed by atoms with Gasteiger partial charge in [-0.25, -0.2) is 14.4 Å². The highest BCUT2D eigenvalue weighted by molar-refractivity contribution is 5.98. The molecule has 0 radical (unpaired) electrons. The summed E-state index contributed by atoms with van der Waals surface area (Å²) >= 11 is 0. The zero-order valence-corrected chi connectivity index (χ0v) is 18.8. The lowest BCUT2D eigenvalue weighted by Crippen LogP contribution is -2.50. The molecule has 2 bridgehead atoms. The van der Waals surface area contributed by atoms with Crippen LogP contribution in [0.15, 0.2) is 55.0 Å². The summed E-state index contributed by atoms with van der Waals surface area (Å²) in [5.74, 6) is 0.339. The van der Waals surface area contributed by atoms with E-state index < -0.39 is 0 Å². The van der Waals surface area contributed by atoms with E-state index in [1.54, 1.807) is 24.7 Å².